The third-order valence-corrected chi connectivity index (χ3v) is 9.14. The van der Waals surface area contributed by atoms with Crippen molar-refractivity contribution >= 4 is 50.4 Å². The molecule has 1 fully saturated rings. The first kappa shape index (κ1) is 23.9. The number of para-hydroxylation sites is 1. The molecule has 3 N–H and O–H groups in total. The standard InChI is InChI=1S/C22H29N5O3S3/c1-14-10-11-16(31-14)19(22(2,3)4)24-21-20(25-32-26-21)23-15-8-7-9-17(18(15)28)33(29,30)27-12-5-6-13-27/h7-11,19,28H,5-6,12-13H2,1-4H3,(H,23,25)(H,24,26)/t19-/m0/s1. The molecule has 0 bridgehead atoms. The first-order chi connectivity index (χ1) is 15.6. The SMILES string of the molecule is Cc1ccc([C@H](Nc2nsnc2Nc2cccc(S(=O)(=O)N3CCCC3)c2O)C(C)(C)C)s1. The van der Waals surface area contributed by atoms with Crippen LogP contribution in [0.5, 0.6) is 5.75 Å². The van der Waals surface area contributed by atoms with Crippen molar-refractivity contribution in [3.05, 3.63) is 40.1 Å². The average molecular weight is 508 g/mol. The summed E-state index contributed by atoms with van der Waals surface area (Å²) in [7, 11) is -3.76. The van der Waals surface area contributed by atoms with Gasteiger partial charge < -0.3 is 15.7 Å². The lowest BCUT2D eigenvalue weighted by atomic mass is 9.86. The van der Waals surface area contributed by atoms with E-state index < -0.39 is 10.0 Å². The van der Waals surface area contributed by atoms with Crippen LogP contribution in [0, 0.1) is 12.3 Å². The van der Waals surface area contributed by atoms with Crippen LogP contribution in [0.4, 0.5) is 17.3 Å². The van der Waals surface area contributed by atoms with Crippen molar-refractivity contribution in [2.45, 2.75) is 51.5 Å². The molecule has 33 heavy (non-hydrogen) atoms. The van der Waals surface area contributed by atoms with E-state index in [4.69, 9.17) is 0 Å². The van der Waals surface area contributed by atoms with Crippen molar-refractivity contribution in [3.63, 3.8) is 0 Å². The van der Waals surface area contributed by atoms with E-state index in [1.165, 1.54) is 20.1 Å². The number of phenols is 1. The summed E-state index contributed by atoms with van der Waals surface area (Å²) in [6.45, 7) is 9.50. The second-order valence-corrected chi connectivity index (χ2v) is 13.0. The van der Waals surface area contributed by atoms with Gasteiger partial charge in [0.25, 0.3) is 0 Å². The highest BCUT2D eigenvalue weighted by Crippen LogP contribution is 2.41. The van der Waals surface area contributed by atoms with Gasteiger partial charge in [-0.2, -0.15) is 13.1 Å². The zero-order valence-corrected chi connectivity index (χ0v) is 21.6. The fourth-order valence-electron chi connectivity index (χ4n) is 3.85. The van der Waals surface area contributed by atoms with Gasteiger partial charge in [-0.25, -0.2) is 8.42 Å². The molecule has 0 aliphatic carbocycles. The summed E-state index contributed by atoms with van der Waals surface area (Å²) < 4.78 is 36.2. The van der Waals surface area contributed by atoms with Crippen molar-refractivity contribution in [2.24, 2.45) is 5.41 Å². The molecule has 1 aromatic carbocycles. The Morgan fingerprint density at radius 1 is 1.09 bits per heavy atom. The van der Waals surface area contributed by atoms with Crippen LogP contribution in [0.3, 0.4) is 0 Å². The summed E-state index contributed by atoms with van der Waals surface area (Å²) in [6.07, 6.45) is 1.66. The van der Waals surface area contributed by atoms with Crippen molar-refractivity contribution in [1.82, 2.24) is 13.1 Å². The molecule has 0 spiro atoms. The van der Waals surface area contributed by atoms with Gasteiger partial charge in [-0.05, 0) is 49.4 Å². The number of nitrogens with zero attached hydrogens (tertiary/aromatic N) is 3. The van der Waals surface area contributed by atoms with Crippen molar-refractivity contribution < 1.29 is 13.5 Å². The predicted molar refractivity (Wildman–Crippen MR) is 134 cm³/mol. The minimum absolute atomic E-state index is 0.00359. The lowest BCUT2D eigenvalue weighted by molar-refractivity contribution is 0.351. The molecule has 11 heteroatoms. The second kappa shape index (κ2) is 9.21. The molecular formula is C22H29N5O3S3. The summed E-state index contributed by atoms with van der Waals surface area (Å²) in [4.78, 5) is 2.32. The normalized spacial score (nSPS) is 16.1. The molecule has 4 rings (SSSR count). The number of nitrogens with one attached hydrogen (secondary N) is 2. The smallest absolute Gasteiger partial charge is 0.246 e. The predicted octanol–water partition coefficient (Wildman–Crippen LogP) is 5.34. The Bertz CT molecular complexity index is 1220. The van der Waals surface area contributed by atoms with Crippen molar-refractivity contribution in [1.29, 1.82) is 0 Å². The van der Waals surface area contributed by atoms with Gasteiger partial charge in [0.1, 0.15) is 4.90 Å². The molecule has 0 unspecified atom stereocenters. The molecule has 0 amide bonds. The van der Waals surface area contributed by atoms with Crippen LogP contribution in [0.15, 0.2) is 35.2 Å². The molecule has 1 atom stereocenters. The average Bonchev–Trinajstić information content (AvgIpc) is 3.49. The van der Waals surface area contributed by atoms with E-state index in [9.17, 15) is 13.5 Å². The number of phenolic OH excluding ortho intramolecular Hbond substituents is 1. The molecule has 2 aromatic heterocycles. The quantitative estimate of drug-likeness (QED) is 0.370. The Labute approximate surface area is 203 Å². The Morgan fingerprint density at radius 3 is 2.42 bits per heavy atom. The fraction of sp³-hybridized carbons (Fsp3) is 0.455. The Kier molecular flexibility index (Phi) is 6.68. The summed E-state index contributed by atoms with van der Waals surface area (Å²) >= 11 is 2.78. The van der Waals surface area contributed by atoms with Gasteiger partial charge in [-0.3, -0.25) is 0 Å². The van der Waals surface area contributed by atoms with Crippen LogP contribution >= 0.6 is 23.1 Å². The van der Waals surface area contributed by atoms with Crippen LogP contribution < -0.4 is 10.6 Å². The highest BCUT2D eigenvalue weighted by atomic mass is 32.2. The zero-order chi connectivity index (χ0) is 23.8. The van der Waals surface area contributed by atoms with E-state index in [1.54, 1.807) is 23.5 Å². The molecule has 1 aliphatic heterocycles. The number of aromatic nitrogens is 2. The van der Waals surface area contributed by atoms with Crippen LogP contribution in [0.2, 0.25) is 0 Å². The number of benzene rings is 1. The molecule has 0 radical (unpaired) electrons. The van der Waals surface area contributed by atoms with E-state index in [-0.39, 0.29) is 27.8 Å². The largest absolute Gasteiger partial charge is 0.504 e. The van der Waals surface area contributed by atoms with E-state index in [2.05, 4.69) is 59.2 Å². The number of sulfonamides is 1. The van der Waals surface area contributed by atoms with E-state index in [0.717, 1.165) is 24.6 Å². The van der Waals surface area contributed by atoms with Gasteiger partial charge in [-0.15, -0.1) is 11.3 Å². The number of anilines is 3. The van der Waals surface area contributed by atoms with E-state index >= 15 is 0 Å². The number of hydrogen-bond donors (Lipinski definition) is 3. The van der Waals surface area contributed by atoms with Gasteiger partial charge in [-0.1, -0.05) is 26.8 Å². The monoisotopic (exact) mass is 507 g/mol. The maximum atomic E-state index is 13.0. The van der Waals surface area contributed by atoms with Gasteiger partial charge in [0.05, 0.1) is 23.5 Å². The third kappa shape index (κ3) is 5.01. The number of aryl methyl sites for hydroxylation is 1. The lowest BCUT2D eigenvalue weighted by Gasteiger charge is -2.31. The lowest BCUT2D eigenvalue weighted by Crippen LogP contribution is -2.28. The van der Waals surface area contributed by atoms with E-state index in [0.29, 0.717) is 24.7 Å². The van der Waals surface area contributed by atoms with Gasteiger partial charge in [0, 0.05) is 22.8 Å². The van der Waals surface area contributed by atoms with Crippen LogP contribution in [-0.4, -0.2) is 39.7 Å². The minimum Gasteiger partial charge on any atom is -0.504 e. The molecule has 0 saturated carbocycles. The maximum absolute atomic E-state index is 13.0. The molecule has 1 aliphatic rings. The number of rotatable bonds is 7. The first-order valence-electron chi connectivity index (χ1n) is 10.8. The van der Waals surface area contributed by atoms with Crippen LogP contribution in [-0.2, 0) is 10.0 Å². The van der Waals surface area contributed by atoms with Gasteiger partial charge in [0.2, 0.25) is 10.0 Å². The van der Waals surface area contributed by atoms with Crippen LogP contribution in [0.1, 0.15) is 49.4 Å². The van der Waals surface area contributed by atoms with Crippen molar-refractivity contribution in [2.75, 3.05) is 23.7 Å². The fourth-order valence-corrected chi connectivity index (χ4v) is 7.12. The van der Waals surface area contributed by atoms with Crippen molar-refractivity contribution in [3.8, 4) is 5.75 Å². The van der Waals surface area contributed by atoms with E-state index in [1.807, 2.05) is 0 Å². The maximum Gasteiger partial charge on any atom is 0.246 e. The highest BCUT2D eigenvalue weighted by molar-refractivity contribution is 7.89. The first-order valence-corrected chi connectivity index (χ1v) is 13.8. The molecule has 1 saturated heterocycles. The molecule has 3 heterocycles. The molecular weight excluding hydrogens is 478 g/mol. The highest BCUT2D eigenvalue weighted by Gasteiger charge is 2.31. The summed E-state index contributed by atoms with van der Waals surface area (Å²) in [5.41, 5.74) is 0.176. The summed E-state index contributed by atoms with van der Waals surface area (Å²) in [6, 6.07) is 8.89. The summed E-state index contributed by atoms with van der Waals surface area (Å²) in [5, 5.41) is 17.4. The zero-order valence-electron chi connectivity index (χ0n) is 19.1. The minimum atomic E-state index is -3.76. The van der Waals surface area contributed by atoms with Gasteiger partial charge >= 0.3 is 0 Å². The molecule has 8 nitrogen and oxygen atoms in total. The number of thiophene rings is 1. The number of aromatic hydroxyl groups is 1. The number of hydrogen-bond acceptors (Lipinski definition) is 9. The summed E-state index contributed by atoms with van der Waals surface area (Å²) in [5.74, 6) is 0.677. The Hall–Kier alpha value is -2.21. The third-order valence-electron chi connectivity index (χ3n) is 5.62. The van der Waals surface area contributed by atoms with Gasteiger partial charge in [0.15, 0.2) is 17.4 Å². The topological polar surface area (TPSA) is 107 Å². The Balaban J connectivity index is 1.61. The van der Waals surface area contributed by atoms with Crippen LogP contribution in [0.25, 0.3) is 0 Å². The molecule has 3 aromatic rings. The molecule has 178 valence electrons. The second-order valence-electron chi connectivity index (χ2n) is 9.24. The Morgan fingerprint density at radius 2 is 1.79 bits per heavy atom.